The third kappa shape index (κ3) is 4.59. The number of hydrogen-bond acceptors (Lipinski definition) is 7. The quantitative estimate of drug-likeness (QED) is 0.302. The monoisotopic (exact) mass is 499 g/mol. The summed E-state index contributed by atoms with van der Waals surface area (Å²) in [4.78, 5) is 23.2. The Kier molecular flexibility index (Phi) is 5.86. The minimum absolute atomic E-state index is 0.0840. The number of aromatic nitrogens is 5. The van der Waals surface area contributed by atoms with E-state index in [1.54, 1.807) is 30.9 Å². The molecule has 0 aliphatic heterocycles. The number of rotatable bonds is 7. The first-order chi connectivity index (χ1) is 15.3. The van der Waals surface area contributed by atoms with E-state index >= 15 is 0 Å². The summed E-state index contributed by atoms with van der Waals surface area (Å²) in [5, 5.41) is 25.8. The number of carbonyl (C=O) groups excluding carboxylic acids is 1. The van der Waals surface area contributed by atoms with Crippen molar-refractivity contribution in [1.29, 1.82) is 0 Å². The van der Waals surface area contributed by atoms with E-state index in [0.29, 0.717) is 29.2 Å². The summed E-state index contributed by atoms with van der Waals surface area (Å²) >= 11 is 3.41. The molecule has 0 aliphatic rings. The lowest BCUT2D eigenvalue weighted by Gasteiger charge is -2.04. The Morgan fingerprint density at radius 1 is 1.25 bits per heavy atom. The van der Waals surface area contributed by atoms with Gasteiger partial charge < -0.3 is 20.0 Å². The summed E-state index contributed by atoms with van der Waals surface area (Å²) in [6, 6.07) is 9.23. The Morgan fingerprint density at radius 3 is 2.69 bits per heavy atom. The van der Waals surface area contributed by atoms with Crippen molar-refractivity contribution >= 4 is 33.3 Å². The van der Waals surface area contributed by atoms with E-state index < -0.39 is 10.8 Å². The third-order valence-corrected chi connectivity index (χ3v) is 5.34. The van der Waals surface area contributed by atoms with Gasteiger partial charge in [0, 0.05) is 10.7 Å². The second-order valence-corrected chi connectivity index (χ2v) is 8.05. The van der Waals surface area contributed by atoms with Crippen LogP contribution in [0.25, 0.3) is 0 Å². The zero-order chi connectivity index (χ0) is 22.8. The zero-order valence-corrected chi connectivity index (χ0v) is 18.7. The van der Waals surface area contributed by atoms with Crippen LogP contribution in [0.3, 0.4) is 0 Å². The maximum absolute atomic E-state index is 12.8. The number of halogens is 1. The molecule has 0 aliphatic carbocycles. The molecule has 1 N–H and O–H groups in total. The van der Waals surface area contributed by atoms with Gasteiger partial charge in [-0.15, -0.1) is 0 Å². The molecule has 0 bridgehead atoms. The molecule has 0 unspecified atom stereocenters. The maximum atomic E-state index is 12.8. The van der Waals surface area contributed by atoms with E-state index in [2.05, 4.69) is 36.6 Å². The van der Waals surface area contributed by atoms with Crippen molar-refractivity contribution in [2.45, 2.75) is 26.9 Å². The van der Waals surface area contributed by atoms with Crippen LogP contribution in [0.15, 0.2) is 51.7 Å². The molecule has 1 aromatic carbocycles. The summed E-state index contributed by atoms with van der Waals surface area (Å²) in [5.41, 5.74) is 2.72. The van der Waals surface area contributed by atoms with Crippen molar-refractivity contribution in [3.05, 3.63) is 85.6 Å². The van der Waals surface area contributed by atoms with Crippen molar-refractivity contribution in [3.63, 3.8) is 0 Å². The van der Waals surface area contributed by atoms with Crippen LogP contribution in [-0.4, -0.2) is 35.5 Å². The van der Waals surface area contributed by atoms with Crippen LogP contribution < -0.4 is 5.32 Å². The average molecular weight is 500 g/mol. The molecule has 4 rings (SSSR count). The highest BCUT2D eigenvalue weighted by molar-refractivity contribution is 9.10. The summed E-state index contributed by atoms with van der Waals surface area (Å²) in [6.45, 7) is 4.03. The van der Waals surface area contributed by atoms with Gasteiger partial charge in [-0.25, -0.2) is 0 Å². The molecule has 164 valence electrons. The summed E-state index contributed by atoms with van der Waals surface area (Å²) in [7, 11) is 0. The second-order valence-electron chi connectivity index (χ2n) is 7.13. The fourth-order valence-corrected chi connectivity index (χ4v) is 3.39. The highest BCUT2D eigenvalue weighted by atomic mass is 79.9. The standard InChI is InChI=1S/C20H18BrN7O4/c1-12-7-18(28(30)31)24-27(12)11-17-13(2)32-25-19(17)20(29)23-16-8-22-26(10-16)9-14-3-5-15(21)6-4-14/h3-8,10H,9,11H2,1-2H3,(H,23,29). The van der Waals surface area contributed by atoms with Crippen molar-refractivity contribution in [3.8, 4) is 0 Å². The first-order valence-electron chi connectivity index (χ1n) is 9.52. The van der Waals surface area contributed by atoms with Crippen LogP contribution in [0.5, 0.6) is 0 Å². The van der Waals surface area contributed by atoms with E-state index in [-0.39, 0.29) is 18.1 Å². The number of nitrogens with zero attached hydrogens (tertiary/aromatic N) is 6. The number of anilines is 1. The van der Waals surface area contributed by atoms with Gasteiger partial charge in [-0.1, -0.05) is 33.2 Å². The highest BCUT2D eigenvalue weighted by Crippen LogP contribution is 2.20. The number of amides is 1. The Balaban J connectivity index is 1.48. The molecule has 4 aromatic rings. The largest absolute Gasteiger partial charge is 0.390 e. The van der Waals surface area contributed by atoms with Gasteiger partial charge in [0.05, 0.1) is 47.4 Å². The van der Waals surface area contributed by atoms with Crippen molar-refractivity contribution in [2.75, 3.05) is 5.32 Å². The molecule has 12 heteroatoms. The van der Waals surface area contributed by atoms with E-state index in [0.717, 1.165) is 10.0 Å². The minimum Gasteiger partial charge on any atom is -0.361 e. The molecule has 1 amide bonds. The van der Waals surface area contributed by atoms with Crippen molar-refractivity contribution in [2.24, 2.45) is 0 Å². The molecule has 3 aromatic heterocycles. The number of hydrogen-bond donors (Lipinski definition) is 1. The van der Waals surface area contributed by atoms with E-state index in [1.807, 2.05) is 24.3 Å². The van der Waals surface area contributed by atoms with Gasteiger partial charge in [0.1, 0.15) is 5.76 Å². The fraction of sp³-hybridized carbons (Fsp3) is 0.200. The second kappa shape index (κ2) is 8.75. The first kappa shape index (κ1) is 21.4. The van der Waals surface area contributed by atoms with E-state index in [4.69, 9.17) is 4.52 Å². The van der Waals surface area contributed by atoms with Gasteiger partial charge >= 0.3 is 5.82 Å². The van der Waals surface area contributed by atoms with Crippen LogP contribution >= 0.6 is 15.9 Å². The Hall–Kier alpha value is -3.80. The first-order valence-corrected chi connectivity index (χ1v) is 10.3. The highest BCUT2D eigenvalue weighted by Gasteiger charge is 2.24. The summed E-state index contributed by atoms with van der Waals surface area (Å²) in [6.07, 6.45) is 3.26. The average Bonchev–Trinajstić information content (AvgIpc) is 3.44. The van der Waals surface area contributed by atoms with Crippen molar-refractivity contribution < 1.29 is 14.2 Å². The lowest BCUT2D eigenvalue weighted by molar-refractivity contribution is -0.389. The number of aryl methyl sites for hydroxylation is 2. The number of benzene rings is 1. The lowest BCUT2D eigenvalue weighted by atomic mass is 10.2. The zero-order valence-electron chi connectivity index (χ0n) is 17.1. The van der Waals surface area contributed by atoms with E-state index in [1.165, 1.54) is 10.7 Å². The molecular weight excluding hydrogens is 482 g/mol. The molecule has 3 heterocycles. The molecule has 0 fully saturated rings. The van der Waals surface area contributed by atoms with Gasteiger partial charge in [-0.3, -0.25) is 9.48 Å². The van der Waals surface area contributed by atoms with Gasteiger partial charge in [0.25, 0.3) is 5.91 Å². The molecule has 11 nitrogen and oxygen atoms in total. The summed E-state index contributed by atoms with van der Waals surface area (Å²) in [5.74, 6) is -0.307. The fourth-order valence-electron chi connectivity index (χ4n) is 3.13. The lowest BCUT2D eigenvalue weighted by Crippen LogP contribution is -2.16. The molecule has 0 spiro atoms. The third-order valence-electron chi connectivity index (χ3n) is 4.81. The molecular formula is C20H18BrN7O4. The Morgan fingerprint density at radius 2 is 2.00 bits per heavy atom. The minimum atomic E-state index is -0.566. The van der Waals surface area contributed by atoms with Crippen LogP contribution in [0.1, 0.15) is 33.1 Å². The van der Waals surface area contributed by atoms with Crippen LogP contribution in [-0.2, 0) is 13.1 Å². The van der Waals surface area contributed by atoms with Crippen LogP contribution in [0, 0.1) is 24.0 Å². The Labute approximate surface area is 190 Å². The van der Waals surface area contributed by atoms with Gasteiger partial charge in [0.2, 0.25) is 0 Å². The molecule has 0 radical (unpaired) electrons. The van der Waals surface area contributed by atoms with Gasteiger partial charge in [-0.05, 0) is 36.5 Å². The maximum Gasteiger partial charge on any atom is 0.390 e. The smallest absolute Gasteiger partial charge is 0.361 e. The Bertz CT molecular complexity index is 1290. The number of nitrogens with one attached hydrogen (secondary N) is 1. The molecule has 0 atom stereocenters. The normalized spacial score (nSPS) is 11.0. The van der Waals surface area contributed by atoms with Gasteiger partial charge in [0.15, 0.2) is 5.69 Å². The molecule has 0 saturated carbocycles. The predicted octanol–water partition coefficient (Wildman–Crippen LogP) is 3.70. The van der Waals surface area contributed by atoms with Crippen LogP contribution in [0.4, 0.5) is 11.5 Å². The van der Waals surface area contributed by atoms with Crippen LogP contribution in [0.2, 0.25) is 0 Å². The van der Waals surface area contributed by atoms with Gasteiger partial charge in [-0.2, -0.15) is 9.78 Å². The summed E-state index contributed by atoms with van der Waals surface area (Å²) < 4.78 is 9.34. The number of carbonyl (C=O) groups is 1. The number of nitro groups is 1. The molecule has 0 saturated heterocycles. The SMILES string of the molecule is Cc1onc(C(=O)Nc2cnn(Cc3ccc(Br)cc3)c2)c1Cn1nc([N+](=O)[O-])cc1C. The predicted molar refractivity (Wildman–Crippen MR) is 117 cm³/mol. The topological polar surface area (TPSA) is 134 Å². The van der Waals surface area contributed by atoms with Crippen molar-refractivity contribution in [1.82, 2.24) is 24.7 Å². The molecule has 32 heavy (non-hydrogen) atoms. The van der Waals surface area contributed by atoms with E-state index in [9.17, 15) is 14.9 Å².